The lowest BCUT2D eigenvalue weighted by molar-refractivity contribution is -0.306. The van der Waals surface area contributed by atoms with Crippen molar-refractivity contribution in [2.24, 2.45) is 0 Å². The molecule has 216 valence electrons. The normalized spacial score (nSPS) is 22.4. The second-order valence-corrected chi connectivity index (χ2v) is 9.59. The zero-order valence-corrected chi connectivity index (χ0v) is 23.4. The summed E-state index contributed by atoms with van der Waals surface area (Å²) < 4.78 is 35.2. The number of hydrogen-bond acceptors (Lipinski definition) is 9. The number of esters is 3. The average molecular weight is 563 g/mol. The molecule has 3 aromatic rings. The molecule has 0 bridgehead atoms. The van der Waals surface area contributed by atoms with E-state index >= 15 is 0 Å². The van der Waals surface area contributed by atoms with Crippen LogP contribution in [0.3, 0.4) is 0 Å². The Morgan fingerprint density at radius 2 is 1.02 bits per heavy atom. The first-order chi connectivity index (χ1) is 19.8. The standard InChI is InChI=1S/C32H34O9/c1-21(33)38-28-27(41-31(36-4)30(40-23(3)35)29(28)39-22(2)34)20-37-32(24-14-8-5-9-15-24,25-16-10-6-11-17-25)26-18-12-7-13-19-26/h5-19,27-31H,20H2,1-4H3/t27-,28-,29+,30-,31-/m0/s1. The van der Waals surface area contributed by atoms with E-state index in [1.807, 2.05) is 91.0 Å². The minimum atomic E-state index is -1.22. The fourth-order valence-corrected chi connectivity index (χ4v) is 5.15. The Morgan fingerprint density at radius 1 is 0.634 bits per heavy atom. The van der Waals surface area contributed by atoms with Gasteiger partial charge < -0.3 is 28.4 Å². The topological polar surface area (TPSA) is 107 Å². The number of benzene rings is 3. The second-order valence-electron chi connectivity index (χ2n) is 9.59. The van der Waals surface area contributed by atoms with E-state index in [2.05, 4.69) is 0 Å². The molecule has 5 atom stereocenters. The Labute approximate surface area is 239 Å². The van der Waals surface area contributed by atoms with Crippen LogP contribution in [0.2, 0.25) is 0 Å². The van der Waals surface area contributed by atoms with Crippen LogP contribution < -0.4 is 0 Å². The molecule has 9 heteroatoms. The van der Waals surface area contributed by atoms with Crippen molar-refractivity contribution in [2.45, 2.75) is 57.1 Å². The van der Waals surface area contributed by atoms with Crippen molar-refractivity contribution in [1.82, 2.24) is 0 Å². The molecule has 0 radical (unpaired) electrons. The van der Waals surface area contributed by atoms with Crippen LogP contribution in [0.15, 0.2) is 91.0 Å². The first kappa shape index (κ1) is 29.9. The van der Waals surface area contributed by atoms with Crippen molar-refractivity contribution in [3.8, 4) is 0 Å². The second kappa shape index (κ2) is 13.5. The SMILES string of the molecule is CO[C@H]1O[C@@H](COC(c2ccccc2)(c2ccccc2)c2ccccc2)[C@H](OC(C)=O)[C@@H](OC(C)=O)[C@@H]1OC(C)=O. The monoisotopic (exact) mass is 562 g/mol. The number of carbonyl (C=O) groups excluding carboxylic acids is 3. The molecule has 0 saturated carbocycles. The van der Waals surface area contributed by atoms with Crippen LogP contribution in [0.5, 0.6) is 0 Å². The molecule has 1 fully saturated rings. The van der Waals surface area contributed by atoms with Gasteiger partial charge in [-0.3, -0.25) is 14.4 Å². The third-order valence-electron chi connectivity index (χ3n) is 6.73. The van der Waals surface area contributed by atoms with E-state index in [1.165, 1.54) is 27.9 Å². The van der Waals surface area contributed by atoms with Crippen LogP contribution in [0.4, 0.5) is 0 Å². The van der Waals surface area contributed by atoms with Crippen LogP contribution in [0.25, 0.3) is 0 Å². The van der Waals surface area contributed by atoms with Crippen molar-refractivity contribution in [3.63, 3.8) is 0 Å². The van der Waals surface area contributed by atoms with Gasteiger partial charge >= 0.3 is 17.9 Å². The molecular weight excluding hydrogens is 528 g/mol. The summed E-state index contributed by atoms with van der Waals surface area (Å²) in [4.78, 5) is 36.3. The minimum absolute atomic E-state index is 0.124. The third kappa shape index (κ3) is 6.82. The van der Waals surface area contributed by atoms with Gasteiger partial charge in [-0.2, -0.15) is 0 Å². The van der Waals surface area contributed by atoms with Crippen molar-refractivity contribution >= 4 is 17.9 Å². The first-order valence-electron chi connectivity index (χ1n) is 13.3. The smallest absolute Gasteiger partial charge is 0.303 e. The Hall–Kier alpha value is -4.05. The molecule has 0 aromatic heterocycles. The fourth-order valence-electron chi connectivity index (χ4n) is 5.15. The van der Waals surface area contributed by atoms with Crippen molar-refractivity contribution in [2.75, 3.05) is 13.7 Å². The highest BCUT2D eigenvalue weighted by molar-refractivity contribution is 5.68. The van der Waals surface area contributed by atoms with Crippen molar-refractivity contribution in [3.05, 3.63) is 108 Å². The van der Waals surface area contributed by atoms with Gasteiger partial charge in [-0.1, -0.05) is 91.0 Å². The third-order valence-corrected chi connectivity index (χ3v) is 6.73. The molecule has 0 aliphatic carbocycles. The van der Waals surface area contributed by atoms with Crippen LogP contribution in [0, 0.1) is 0 Å². The van der Waals surface area contributed by atoms with Gasteiger partial charge in [0.05, 0.1) is 6.61 Å². The van der Waals surface area contributed by atoms with Gasteiger partial charge in [0.25, 0.3) is 0 Å². The molecule has 0 unspecified atom stereocenters. The van der Waals surface area contributed by atoms with E-state index in [0.717, 1.165) is 16.7 Å². The van der Waals surface area contributed by atoms with E-state index in [-0.39, 0.29) is 6.61 Å². The first-order valence-corrected chi connectivity index (χ1v) is 13.3. The summed E-state index contributed by atoms with van der Waals surface area (Å²) in [5.74, 6) is -1.95. The fraction of sp³-hybridized carbons (Fsp3) is 0.344. The highest BCUT2D eigenvalue weighted by atomic mass is 16.7. The maximum atomic E-state index is 12.2. The van der Waals surface area contributed by atoms with Gasteiger partial charge in [-0.25, -0.2) is 0 Å². The largest absolute Gasteiger partial charge is 0.456 e. The lowest BCUT2D eigenvalue weighted by Gasteiger charge is -2.45. The molecular formula is C32H34O9. The molecule has 9 nitrogen and oxygen atoms in total. The van der Waals surface area contributed by atoms with Gasteiger partial charge in [-0.15, -0.1) is 0 Å². The number of hydrogen-bond donors (Lipinski definition) is 0. The summed E-state index contributed by atoms with van der Waals surface area (Å²) in [5, 5.41) is 0. The average Bonchev–Trinajstić information content (AvgIpc) is 2.97. The Bertz CT molecular complexity index is 1200. The van der Waals surface area contributed by atoms with Crippen LogP contribution in [-0.2, 0) is 48.4 Å². The van der Waals surface area contributed by atoms with Crippen molar-refractivity contribution < 1.29 is 42.8 Å². The van der Waals surface area contributed by atoms with Crippen molar-refractivity contribution in [1.29, 1.82) is 0 Å². The molecule has 41 heavy (non-hydrogen) atoms. The summed E-state index contributed by atoms with van der Waals surface area (Å²) in [6, 6.07) is 29.2. The number of ether oxygens (including phenoxy) is 6. The maximum absolute atomic E-state index is 12.2. The van der Waals surface area contributed by atoms with Gasteiger partial charge in [0, 0.05) is 27.9 Å². The zero-order valence-electron chi connectivity index (χ0n) is 23.4. The van der Waals surface area contributed by atoms with E-state index in [1.54, 1.807) is 0 Å². The Balaban J connectivity index is 1.80. The van der Waals surface area contributed by atoms with Gasteiger partial charge in [0.15, 0.2) is 24.6 Å². The van der Waals surface area contributed by atoms with E-state index in [4.69, 9.17) is 28.4 Å². The highest BCUT2D eigenvalue weighted by Gasteiger charge is 2.53. The summed E-state index contributed by atoms with van der Waals surface area (Å²) in [6.45, 7) is 3.53. The Kier molecular flexibility index (Phi) is 9.88. The predicted molar refractivity (Wildman–Crippen MR) is 147 cm³/mol. The lowest BCUT2D eigenvalue weighted by Crippen LogP contribution is -2.63. The molecule has 1 aliphatic heterocycles. The zero-order chi connectivity index (χ0) is 29.4. The maximum Gasteiger partial charge on any atom is 0.303 e. The van der Waals surface area contributed by atoms with E-state index < -0.39 is 54.2 Å². The molecule has 1 heterocycles. The van der Waals surface area contributed by atoms with E-state index in [9.17, 15) is 14.4 Å². The molecule has 3 aromatic carbocycles. The summed E-state index contributed by atoms with van der Waals surface area (Å²) in [7, 11) is 1.37. The Morgan fingerprint density at radius 3 is 1.41 bits per heavy atom. The van der Waals surface area contributed by atoms with Gasteiger partial charge in [0.1, 0.15) is 11.7 Å². The number of rotatable bonds is 10. The van der Waals surface area contributed by atoms with E-state index in [0.29, 0.717) is 0 Å². The molecule has 4 rings (SSSR count). The van der Waals surface area contributed by atoms with Crippen LogP contribution in [0.1, 0.15) is 37.5 Å². The molecule has 1 saturated heterocycles. The van der Waals surface area contributed by atoms with Gasteiger partial charge in [0.2, 0.25) is 0 Å². The molecule has 0 spiro atoms. The molecule has 1 aliphatic rings. The lowest BCUT2D eigenvalue weighted by atomic mass is 9.80. The molecule has 0 amide bonds. The summed E-state index contributed by atoms with van der Waals surface area (Å²) in [6.07, 6.45) is -5.69. The highest BCUT2D eigenvalue weighted by Crippen LogP contribution is 2.41. The minimum Gasteiger partial charge on any atom is -0.456 e. The number of carbonyl (C=O) groups is 3. The predicted octanol–water partition coefficient (Wildman–Crippen LogP) is 4.16. The van der Waals surface area contributed by atoms with Crippen LogP contribution >= 0.6 is 0 Å². The van der Waals surface area contributed by atoms with Crippen LogP contribution in [-0.4, -0.2) is 62.3 Å². The summed E-state index contributed by atoms with van der Waals surface area (Å²) >= 11 is 0. The summed E-state index contributed by atoms with van der Waals surface area (Å²) in [5.41, 5.74) is 1.47. The molecule has 0 N–H and O–H groups in total. The quantitative estimate of drug-likeness (QED) is 0.205. The number of methoxy groups -OCH3 is 1. The van der Waals surface area contributed by atoms with Gasteiger partial charge in [-0.05, 0) is 16.7 Å².